The van der Waals surface area contributed by atoms with E-state index in [9.17, 15) is 14.9 Å². The first-order valence-electron chi connectivity index (χ1n) is 7.96. The van der Waals surface area contributed by atoms with Gasteiger partial charge in [-0.1, -0.05) is 36.0 Å². The van der Waals surface area contributed by atoms with Crippen molar-refractivity contribution >= 4 is 34.5 Å². The number of rotatable bonds is 6. The number of hydrogen-bond donors (Lipinski definition) is 1. The number of nitro groups is 1. The Labute approximate surface area is 153 Å². The molecular weight excluding hydrogens is 354 g/mol. The zero-order valence-electron chi connectivity index (χ0n) is 14.3. The minimum absolute atomic E-state index is 0.0489. The van der Waals surface area contributed by atoms with Gasteiger partial charge in [0.25, 0.3) is 10.9 Å². The minimum Gasteiger partial charge on any atom is -0.431 e. The minimum atomic E-state index is -0.485. The summed E-state index contributed by atoms with van der Waals surface area (Å²) in [6, 6.07) is 12.0. The van der Waals surface area contributed by atoms with E-state index in [-0.39, 0.29) is 23.4 Å². The molecule has 1 heterocycles. The SMILES string of the molecule is Cc1ccccc1[C@H](C)NC(=O)CSc1nc2cc([N+](=O)[O-])ccc2o1. The number of aryl methyl sites for hydroxylation is 1. The largest absolute Gasteiger partial charge is 0.431 e. The van der Waals surface area contributed by atoms with Gasteiger partial charge in [0.05, 0.1) is 16.7 Å². The Morgan fingerprint density at radius 1 is 1.35 bits per heavy atom. The predicted octanol–water partition coefficient (Wildman–Crippen LogP) is 4.01. The van der Waals surface area contributed by atoms with E-state index in [1.165, 1.54) is 18.2 Å². The zero-order valence-corrected chi connectivity index (χ0v) is 15.1. The molecule has 1 N–H and O–H groups in total. The number of benzene rings is 2. The van der Waals surface area contributed by atoms with Gasteiger partial charge >= 0.3 is 0 Å². The summed E-state index contributed by atoms with van der Waals surface area (Å²) in [6.45, 7) is 3.94. The van der Waals surface area contributed by atoms with Gasteiger partial charge in [0.15, 0.2) is 5.58 Å². The number of carbonyl (C=O) groups excluding carboxylic acids is 1. The van der Waals surface area contributed by atoms with E-state index >= 15 is 0 Å². The maximum absolute atomic E-state index is 12.2. The van der Waals surface area contributed by atoms with Crippen molar-refractivity contribution in [1.29, 1.82) is 0 Å². The second-order valence-corrected chi connectivity index (χ2v) is 6.75. The van der Waals surface area contributed by atoms with Gasteiger partial charge in [0, 0.05) is 12.1 Å². The Morgan fingerprint density at radius 2 is 2.12 bits per heavy atom. The molecule has 1 amide bonds. The Bertz CT molecular complexity index is 970. The number of thioether (sulfide) groups is 1. The Hall–Kier alpha value is -2.87. The van der Waals surface area contributed by atoms with Crippen molar-refractivity contribution in [1.82, 2.24) is 10.3 Å². The summed E-state index contributed by atoms with van der Waals surface area (Å²) in [5, 5.41) is 14.1. The van der Waals surface area contributed by atoms with Crippen LogP contribution in [-0.4, -0.2) is 21.6 Å². The Kier molecular flexibility index (Phi) is 5.22. The van der Waals surface area contributed by atoms with Gasteiger partial charge in [-0.3, -0.25) is 14.9 Å². The number of nitrogens with one attached hydrogen (secondary N) is 1. The van der Waals surface area contributed by atoms with Crippen molar-refractivity contribution in [2.45, 2.75) is 25.1 Å². The highest BCUT2D eigenvalue weighted by molar-refractivity contribution is 7.99. The van der Waals surface area contributed by atoms with Crippen LogP contribution in [0.15, 0.2) is 52.1 Å². The lowest BCUT2D eigenvalue weighted by atomic mass is 10.0. The summed E-state index contributed by atoms with van der Waals surface area (Å²) in [5.74, 6) is 0.00416. The second kappa shape index (κ2) is 7.57. The van der Waals surface area contributed by atoms with Gasteiger partial charge in [-0.25, -0.2) is 4.98 Å². The van der Waals surface area contributed by atoms with Crippen LogP contribution in [0.4, 0.5) is 5.69 Å². The fraction of sp³-hybridized carbons (Fsp3) is 0.222. The van der Waals surface area contributed by atoms with Gasteiger partial charge in [0.1, 0.15) is 5.52 Å². The molecule has 2 aromatic carbocycles. The van der Waals surface area contributed by atoms with Crippen LogP contribution in [0.25, 0.3) is 11.1 Å². The zero-order chi connectivity index (χ0) is 18.7. The molecule has 7 nitrogen and oxygen atoms in total. The molecule has 0 unspecified atom stereocenters. The lowest BCUT2D eigenvalue weighted by molar-refractivity contribution is -0.384. The number of non-ortho nitro benzene ring substituents is 1. The van der Waals surface area contributed by atoms with E-state index in [2.05, 4.69) is 10.3 Å². The maximum atomic E-state index is 12.2. The molecule has 26 heavy (non-hydrogen) atoms. The second-order valence-electron chi connectivity index (χ2n) is 5.82. The monoisotopic (exact) mass is 371 g/mol. The summed E-state index contributed by atoms with van der Waals surface area (Å²) in [5.41, 5.74) is 2.99. The first-order chi connectivity index (χ1) is 12.4. The van der Waals surface area contributed by atoms with E-state index < -0.39 is 4.92 Å². The van der Waals surface area contributed by atoms with E-state index in [0.717, 1.165) is 22.9 Å². The maximum Gasteiger partial charge on any atom is 0.271 e. The van der Waals surface area contributed by atoms with Crippen LogP contribution in [0.5, 0.6) is 0 Å². The van der Waals surface area contributed by atoms with Crippen molar-refractivity contribution < 1.29 is 14.1 Å². The van der Waals surface area contributed by atoms with Gasteiger partial charge in [-0.2, -0.15) is 0 Å². The molecule has 0 saturated carbocycles. The van der Waals surface area contributed by atoms with Crippen molar-refractivity contribution in [3.63, 3.8) is 0 Å². The van der Waals surface area contributed by atoms with Crippen LogP contribution in [0.1, 0.15) is 24.1 Å². The number of fused-ring (bicyclic) bond motifs is 1. The molecule has 1 atom stereocenters. The molecule has 8 heteroatoms. The summed E-state index contributed by atoms with van der Waals surface area (Å²) in [6.07, 6.45) is 0. The molecule has 1 aromatic heterocycles. The van der Waals surface area contributed by atoms with Gasteiger partial charge in [-0.05, 0) is 31.0 Å². The predicted molar refractivity (Wildman–Crippen MR) is 99.1 cm³/mol. The molecule has 0 spiro atoms. The molecule has 0 aliphatic heterocycles. The highest BCUT2D eigenvalue weighted by Crippen LogP contribution is 2.26. The number of amides is 1. The van der Waals surface area contributed by atoms with Crippen LogP contribution in [0.3, 0.4) is 0 Å². The topological polar surface area (TPSA) is 98.3 Å². The molecule has 0 fully saturated rings. The summed E-state index contributed by atoms with van der Waals surface area (Å²) in [4.78, 5) is 26.7. The summed E-state index contributed by atoms with van der Waals surface area (Å²) >= 11 is 1.15. The smallest absolute Gasteiger partial charge is 0.271 e. The Morgan fingerprint density at radius 3 is 2.85 bits per heavy atom. The normalized spacial score (nSPS) is 12.1. The van der Waals surface area contributed by atoms with Crippen LogP contribution in [0.2, 0.25) is 0 Å². The average molecular weight is 371 g/mol. The molecule has 0 aliphatic rings. The highest BCUT2D eigenvalue weighted by atomic mass is 32.2. The third-order valence-electron chi connectivity index (χ3n) is 3.92. The van der Waals surface area contributed by atoms with E-state index in [1.54, 1.807) is 0 Å². The van der Waals surface area contributed by atoms with Crippen molar-refractivity contribution in [2.24, 2.45) is 0 Å². The summed E-state index contributed by atoms with van der Waals surface area (Å²) < 4.78 is 5.51. The van der Waals surface area contributed by atoms with Crippen LogP contribution >= 0.6 is 11.8 Å². The molecule has 0 saturated heterocycles. The Balaban J connectivity index is 1.61. The van der Waals surface area contributed by atoms with Crippen molar-refractivity contribution in [3.8, 4) is 0 Å². The molecule has 3 rings (SSSR count). The lowest BCUT2D eigenvalue weighted by Crippen LogP contribution is -2.28. The van der Waals surface area contributed by atoms with E-state index in [0.29, 0.717) is 16.3 Å². The standard InChI is InChI=1S/C18H17N3O4S/c1-11-5-3-4-6-14(11)12(2)19-17(22)10-26-18-20-15-9-13(21(23)24)7-8-16(15)25-18/h3-9,12H,10H2,1-2H3,(H,19,22)/t12-/m0/s1. The molecule has 3 aromatic rings. The number of nitrogens with zero attached hydrogens (tertiary/aromatic N) is 2. The number of carbonyl (C=O) groups is 1. The van der Waals surface area contributed by atoms with E-state index in [1.807, 2.05) is 38.1 Å². The van der Waals surface area contributed by atoms with E-state index in [4.69, 9.17) is 4.42 Å². The third-order valence-corrected chi connectivity index (χ3v) is 4.75. The van der Waals surface area contributed by atoms with Crippen molar-refractivity contribution in [3.05, 3.63) is 63.7 Å². The molecule has 0 aliphatic carbocycles. The number of nitro benzene ring substituents is 1. The van der Waals surface area contributed by atoms with Gasteiger partial charge < -0.3 is 9.73 Å². The summed E-state index contributed by atoms with van der Waals surface area (Å²) in [7, 11) is 0. The number of hydrogen-bond acceptors (Lipinski definition) is 6. The fourth-order valence-electron chi connectivity index (χ4n) is 2.63. The molecule has 134 valence electrons. The third kappa shape index (κ3) is 4.02. The molecular formula is C18H17N3O4S. The molecule has 0 radical (unpaired) electrons. The quantitative estimate of drug-likeness (QED) is 0.399. The molecule has 0 bridgehead atoms. The van der Waals surface area contributed by atoms with Gasteiger partial charge in [-0.15, -0.1) is 0 Å². The van der Waals surface area contributed by atoms with Crippen LogP contribution in [-0.2, 0) is 4.79 Å². The highest BCUT2D eigenvalue weighted by Gasteiger charge is 2.15. The fourth-order valence-corrected chi connectivity index (χ4v) is 3.28. The first-order valence-corrected chi connectivity index (χ1v) is 8.95. The van der Waals surface area contributed by atoms with Crippen LogP contribution < -0.4 is 5.32 Å². The van der Waals surface area contributed by atoms with Crippen LogP contribution in [0, 0.1) is 17.0 Å². The van der Waals surface area contributed by atoms with Crippen molar-refractivity contribution in [2.75, 3.05) is 5.75 Å². The number of oxazole rings is 1. The lowest BCUT2D eigenvalue weighted by Gasteiger charge is -2.16. The van der Waals surface area contributed by atoms with Gasteiger partial charge in [0.2, 0.25) is 5.91 Å². The number of aromatic nitrogens is 1. The first kappa shape index (κ1) is 17.9. The average Bonchev–Trinajstić information content (AvgIpc) is 3.02.